The van der Waals surface area contributed by atoms with E-state index in [0.717, 1.165) is 32.1 Å². The zero-order valence-electron chi connectivity index (χ0n) is 35.7. The minimum atomic E-state index is -4.26. The average Bonchev–Trinajstić information content (AvgIpc) is 3.16. The molecule has 0 fully saturated rings. The third-order valence-electron chi connectivity index (χ3n) is 10.3. The molecule has 8 nitrogen and oxygen atoms in total. The summed E-state index contributed by atoms with van der Waals surface area (Å²) < 4.78 is 33.3. The standard InChI is InChI=1S/C45H90NO7P/c1-3-5-7-9-11-13-15-17-19-21-22-23-24-26-28-30-32-34-36-38-45(47)51-42-44(43-53-54(48,49)52-41-39-46)50-40-37-35-33-31-29-27-25-20-18-16-14-12-10-8-6-4-2/h37,40,44H,3-36,38-39,41-43,46H2,1-2H3,(H,48,49)/t44-/m1/s1. The monoisotopic (exact) mass is 788 g/mol. The van der Waals surface area contributed by atoms with Crippen LogP contribution in [0.15, 0.2) is 12.3 Å². The number of carbonyl (C=O) groups is 1. The molecule has 0 heterocycles. The highest BCUT2D eigenvalue weighted by Gasteiger charge is 2.24. The van der Waals surface area contributed by atoms with Gasteiger partial charge >= 0.3 is 13.8 Å². The number of ether oxygens (including phenoxy) is 2. The van der Waals surface area contributed by atoms with Crippen LogP contribution in [-0.2, 0) is 27.9 Å². The molecule has 0 aromatic carbocycles. The van der Waals surface area contributed by atoms with Gasteiger partial charge in [-0.15, -0.1) is 0 Å². The van der Waals surface area contributed by atoms with Crippen molar-refractivity contribution in [1.29, 1.82) is 0 Å². The molecule has 3 N–H and O–H groups in total. The second-order valence-electron chi connectivity index (χ2n) is 15.7. The summed E-state index contributed by atoms with van der Waals surface area (Å²) in [6.07, 6.45) is 47.6. The lowest BCUT2D eigenvalue weighted by molar-refractivity contribution is -0.147. The van der Waals surface area contributed by atoms with Crippen LogP contribution in [0.3, 0.4) is 0 Å². The molecule has 0 aromatic heterocycles. The Bertz CT molecular complexity index is 843. The smallest absolute Gasteiger partial charge is 0.472 e. The van der Waals surface area contributed by atoms with Gasteiger partial charge in [0.25, 0.3) is 0 Å². The van der Waals surface area contributed by atoms with E-state index in [0.29, 0.717) is 6.42 Å². The van der Waals surface area contributed by atoms with E-state index in [2.05, 4.69) is 13.8 Å². The van der Waals surface area contributed by atoms with Crippen LogP contribution in [0.1, 0.15) is 239 Å². The Morgan fingerprint density at radius 3 is 1.31 bits per heavy atom. The predicted molar refractivity (Wildman–Crippen MR) is 229 cm³/mol. The van der Waals surface area contributed by atoms with Crippen molar-refractivity contribution in [3.63, 3.8) is 0 Å². The lowest BCUT2D eigenvalue weighted by Crippen LogP contribution is -2.25. The van der Waals surface area contributed by atoms with Crippen molar-refractivity contribution in [2.75, 3.05) is 26.4 Å². The van der Waals surface area contributed by atoms with Gasteiger partial charge < -0.3 is 20.1 Å². The van der Waals surface area contributed by atoms with E-state index in [1.54, 1.807) is 6.26 Å². The normalized spacial score (nSPS) is 13.4. The molecule has 0 radical (unpaired) electrons. The molecule has 9 heteroatoms. The van der Waals surface area contributed by atoms with Crippen LogP contribution in [0.4, 0.5) is 0 Å². The Morgan fingerprint density at radius 2 is 0.926 bits per heavy atom. The Labute approximate surface area is 334 Å². The van der Waals surface area contributed by atoms with Gasteiger partial charge in [-0.05, 0) is 25.3 Å². The molecule has 0 saturated carbocycles. The number of phosphoric ester groups is 1. The van der Waals surface area contributed by atoms with E-state index in [4.69, 9.17) is 24.3 Å². The average molecular weight is 788 g/mol. The molecule has 0 spiro atoms. The van der Waals surface area contributed by atoms with Crippen molar-refractivity contribution in [3.8, 4) is 0 Å². The molecule has 1 unspecified atom stereocenters. The highest BCUT2D eigenvalue weighted by atomic mass is 31.2. The number of hydrogen-bond acceptors (Lipinski definition) is 7. The lowest BCUT2D eigenvalue weighted by Gasteiger charge is -2.19. The highest BCUT2D eigenvalue weighted by Crippen LogP contribution is 2.43. The van der Waals surface area contributed by atoms with Crippen LogP contribution in [0.25, 0.3) is 0 Å². The van der Waals surface area contributed by atoms with E-state index in [1.807, 2.05) is 6.08 Å². The third-order valence-corrected chi connectivity index (χ3v) is 11.3. The SMILES string of the molecule is CCCCCCCCCCCCCCCCC=CO[C@H](COC(=O)CCCCCCCCCCCCCCCCCCCCC)COP(=O)(O)OCCN. The number of hydrogen-bond donors (Lipinski definition) is 2. The van der Waals surface area contributed by atoms with Gasteiger partial charge in [-0.2, -0.15) is 0 Å². The van der Waals surface area contributed by atoms with Gasteiger partial charge in [-0.3, -0.25) is 13.8 Å². The van der Waals surface area contributed by atoms with E-state index in [1.165, 1.54) is 186 Å². The summed E-state index contributed by atoms with van der Waals surface area (Å²) in [7, 11) is -4.26. The van der Waals surface area contributed by atoms with Crippen LogP contribution in [0.5, 0.6) is 0 Å². The Morgan fingerprint density at radius 1 is 0.556 bits per heavy atom. The van der Waals surface area contributed by atoms with E-state index >= 15 is 0 Å². The second kappa shape index (κ2) is 43.2. The number of unbranched alkanes of at least 4 members (excludes halogenated alkanes) is 32. The summed E-state index contributed by atoms with van der Waals surface area (Å²) >= 11 is 0. The summed E-state index contributed by atoms with van der Waals surface area (Å²) in [5.74, 6) is -0.284. The maximum Gasteiger partial charge on any atom is 0.472 e. The van der Waals surface area contributed by atoms with Crippen LogP contribution in [0, 0.1) is 0 Å². The molecular weight excluding hydrogens is 697 g/mol. The minimum absolute atomic E-state index is 0.0575. The summed E-state index contributed by atoms with van der Waals surface area (Å²) in [6, 6.07) is 0. The summed E-state index contributed by atoms with van der Waals surface area (Å²) in [5.41, 5.74) is 5.37. The summed E-state index contributed by atoms with van der Waals surface area (Å²) in [6.45, 7) is 4.26. The number of rotatable bonds is 45. The molecule has 0 aliphatic heterocycles. The van der Waals surface area contributed by atoms with E-state index < -0.39 is 13.9 Å². The predicted octanol–water partition coefficient (Wildman–Crippen LogP) is 14.2. The maximum atomic E-state index is 12.4. The van der Waals surface area contributed by atoms with Crippen molar-refractivity contribution in [3.05, 3.63) is 12.3 Å². The largest absolute Gasteiger partial charge is 0.492 e. The molecule has 0 rings (SSSR count). The molecule has 2 atom stereocenters. The van der Waals surface area contributed by atoms with Gasteiger partial charge in [-0.25, -0.2) is 4.57 Å². The number of carbonyl (C=O) groups excluding carboxylic acids is 1. The Kier molecular flexibility index (Phi) is 42.5. The van der Waals surface area contributed by atoms with Crippen molar-refractivity contribution in [2.45, 2.75) is 245 Å². The first-order valence-electron chi connectivity index (χ1n) is 23.2. The number of esters is 1. The second-order valence-corrected chi connectivity index (χ2v) is 17.2. The topological polar surface area (TPSA) is 117 Å². The van der Waals surface area contributed by atoms with E-state index in [-0.39, 0.29) is 32.3 Å². The fraction of sp³-hybridized carbons (Fsp3) is 0.933. The van der Waals surface area contributed by atoms with Crippen molar-refractivity contribution in [1.82, 2.24) is 0 Å². The van der Waals surface area contributed by atoms with E-state index in [9.17, 15) is 14.3 Å². The summed E-state index contributed by atoms with van der Waals surface area (Å²) in [5, 5.41) is 0. The number of allylic oxidation sites excluding steroid dienone is 1. The van der Waals surface area contributed by atoms with Gasteiger partial charge in [0.05, 0.1) is 19.5 Å². The minimum Gasteiger partial charge on any atom is -0.492 e. The molecule has 322 valence electrons. The zero-order chi connectivity index (χ0) is 39.5. The molecule has 0 bridgehead atoms. The van der Waals surface area contributed by atoms with Gasteiger partial charge in [0.2, 0.25) is 0 Å². The van der Waals surface area contributed by atoms with Crippen molar-refractivity contribution >= 4 is 13.8 Å². The molecule has 0 aromatic rings. The van der Waals surface area contributed by atoms with Crippen molar-refractivity contribution < 1.29 is 32.8 Å². The van der Waals surface area contributed by atoms with Gasteiger partial charge in [0, 0.05) is 13.0 Å². The Hall–Kier alpha value is -0.920. The van der Waals surface area contributed by atoms with Crippen LogP contribution >= 0.6 is 7.82 Å². The number of phosphoric acid groups is 1. The highest BCUT2D eigenvalue weighted by molar-refractivity contribution is 7.47. The van der Waals surface area contributed by atoms with Crippen molar-refractivity contribution in [2.24, 2.45) is 5.73 Å². The van der Waals surface area contributed by atoms with Gasteiger partial charge in [-0.1, -0.05) is 213 Å². The third kappa shape index (κ3) is 42.2. The molecule has 0 aliphatic rings. The summed E-state index contributed by atoms with van der Waals surface area (Å²) in [4.78, 5) is 22.3. The molecular formula is C45H90NO7P. The molecule has 0 saturated heterocycles. The molecule has 0 amide bonds. The first-order chi connectivity index (χ1) is 26.4. The Balaban J connectivity index is 3.98. The number of nitrogens with two attached hydrogens (primary N) is 1. The first-order valence-corrected chi connectivity index (χ1v) is 24.7. The van der Waals surface area contributed by atoms with Crippen LogP contribution in [-0.4, -0.2) is 43.3 Å². The van der Waals surface area contributed by atoms with Crippen LogP contribution in [0.2, 0.25) is 0 Å². The van der Waals surface area contributed by atoms with Gasteiger partial charge in [0.15, 0.2) is 6.10 Å². The lowest BCUT2D eigenvalue weighted by atomic mass is 10.0. The van der Waals surface area contributed by atoms with Gasteiger partial charge in [0.1, 0.15) is 6.61 Å². The first kappa shape index (κ1) is 53.1. The fourth-order valence-corrected chi connectivity index (χ4v) is 7.57. The maximum absolute atomic E-state index is 12.4. The molecule has 0 aliphatic carbocycles. The van der Waals surface area contributed by atoms with Crippen LogP contribution < -0.4 is 5.73 Å². The zero-order valence-corrected chi connectivity index (χ0v) is 36.6. The fourth-order valence-electron chi connectivity index (χ4n) is 6.81. The molecule has 54 heavy (non-hydrogen) atoms. The quantitative estimate of drug-likeness (QED) is 0.0271.